The zero-order valence-electron chi connectivity index (χ0n) is 24.0. The molecule has 0 amide bonds. The molecule has 0 radical (unpaired) electrons. The van der Waals surface area contributed by atoms with Crippen LogP contribution in [0.5, 0.6) is 11.5 Å². The first-order valence-corrected chi connectivity index (χ1v) is 15.4. The van der Waals surface area contributed by atoms with Crippen molar-refractivity contribution in [2.45, 2.75) is 56.7 Å². The average Bonchev–Trinajstić information content (AvgIpc) is 3.43. The number of imidazole rings is 1. The Bertz CT molecular complexity index is 1470. The van der Waals surface area contributed by atoms with Crippen LogP contribution in [0.2, 0.25) is 0 Å². The van der Waals surface area contributed by atoms with E-state index in [1.807, 2.05) is 71.3 Å². The predicted octanol–water partition coefficient (Wildman–Crippen LogP) is 7.28. The van der Waals surface area contributed by atoms with Crippen LogP contribution in [-0.2, 0) is 34.3 Å². The van der Waals surface area contributed by atoms with Gasteiger partial charge in [0.1, 0.15) is 11.5 Å². The lowest BCUT2D eigenvalue weighted by atomic mass is 10.0. The van der Waals surface area contributed by atoms with Crippen molar-refractivity contribution in [1.82, 2.24) is 9.55 Å². The summed E-state index contributed by atoms with van der Waals surface area (Å²) in [5, 5.41) is 0. The molecule has 0 spiro atoms. The number of nitrogens with zero attached hydrogens (tertiary/aromatic N) is 2. The van der Waals surface area contributed by atoms with Gasteiger partial charge in [-0.05, 0) is 78.1 Å². The molecule has 0 aliphatic heterocycles. The molecule has 1 aromatic heterocycles. The van der Waals surface area contributed by atoms with Crippen LogP contribution in [-0.4, -0.2) is 33.3 Å². The molecule has 4 rings (SSSR count). The molecule has 1 atom stereocenters. The Hall–Kier alpha value is -3.97. The molecule has 0 N–H and O–H groups in total. The summed E-state index contributed by atoms with van der Waals surface area (Å²) in [7, 11) is 0.443. The highest BCUT2D eigenvalue weighted by molar-refractivity contribution is 7.84. The summed E-state index contributed by atoms with van der Waals surface area (Å²) in [5.74, 6) is 1.95. The molecule has 0 fully saturated rings. The summed E-state index contributed by atoms with van der Waals surface area (Å²) in [6, 6.07) is 21.4. The Morgan fingerprint density at radius 1 is 0.976 bits per heavy atom. The summed E-state index contributed by atoms with van der Waals surface area (Å²) in [4.78, 5) is 17.7. The first-order valence-electron chi connectivity index (χ1n) is 14.1. The maximum Gasteiger partial charge on any atom is 0.160 e. The lowest BCUT2D eigenvalue weighted by Crippen LogP contribution is -2.05. The lowest BCUT2D eigenvalue weighted by Gasteiger charge is -2.10. The molecule has 7 heteroatoms. The summed E-state index contributed by atoms with van der Waals surface area (Å²) in [5.41, 5.74) is 4.75. The molecule has 0 aliphatic rings. The molecular formula is C34H38N2O4S. The van der Waals surface area contributed by atoms with Crippen molar-refractivity contribution < 1.29 is 18.5 Å². The van der Waals surface area contributed by atoms with Crippen LogP contribution in [0.3, 0.4) is 0 Å². The van der Waals surface area contributed by atoms with Crippen molar-refractivity contribution in [3.05, 3.63) is 102 Å². The van der Waals surface area contributed by atoms with Crippen LogP contribution in [0.25, 0.3) is 17.2 Å². The number of aromatic nitrogens is 2. The zero-order chi connectivity index (χ0) is 29.0. The van der Waals surface area contributed by atoms with E-state index in [-0.39, 0.29) is 12.2 Å². The molecule has 0 aliphatic carbocycles. The molecule has 3 aromatic carbocycles. The highest BCUT2D eigenvalue weighted by Gasteiger charge is 2.11. The number of ketones is 1. The number of hydrogen-bond acceptors (Lipinski definition) is 5. The highest BCUT2D eigenvalue weighted by atomic mass is 32.2. The van der Waals surface area contributed by atoms with Gasteiger partial charge < -0.3 is 14.0 Å². The maximum absolute atomic E-state index is 12.9. The van der Waals surface area contributed by atoms with Crippen molar-refractivity contribution in [2.24, 2.45) is 0 Å². The summed E-state index contributed by atoms with van der Waals surface area (Å²) >= 11 is 0. The number of aryl methyl sites for hydroxylation is 1. The van der Waals surface area contributed by atoms with E-state index in [9.17, 15) is 9.00 Å². The van der Waals surface area contributed by atoms with Gasteiger partial charge in [-0.2, -0.15) is 0 Å². The van der Waals surface area contributed by atoms with Gasteiger partial charge in [-0.1, -0.05) is 50.6 Å². The molecule has 1 heterocycles. The Balaban J connectivity index is 1.38. The third kappa shape index (κ3) is 8.51. The van der Waals surface area contributed by atoms with Crippen LogP contribution >= 0.6 is 0 Å². The Kier molecular flexibility index (Phi) is 11.1. The van der Waals surface area contributed by atoms with Gasteiger partial charge in [0.2, 0.25) is 0 Å². The van der Waals surface area contributed by atoms with Gasteiger partial charge >= 0.3 is 0 Å². The Morgan fingerprint density at radius 2 is 1.73 bits per heavy atom. The van der Waals surface area contributed by atoms with Crippen molar-refractivity contribution in [2.75, 3.05) is 13.7 Å². The number of allylic oxidation sites excluding steroid dienone is 1. The molecule has 0 unspecified atom stereocenters. The minimum Gasteiger partial charge on any atom is -0.496 e. The Labute approximate surface area is 245 Å². The van der Waals surface area contributed by atoms with Crippen LogP contribution in [0.15, 0.2) is 90.2 Å². The van der Waals surface area contributed by atoms with Gasteiger partial charge in [0.15, 0.2) is 5.78 Å². The van der Waals surface area contributed by atoms with Gasteiger partial charge in [-0.3, -0.25) is 9.00 Å². The molecule has 6 nitrogen and oxygen atoms in total. The van der Waals surface area contributed by atoms with E-state index in [2.05, 4.69) is 18.8 Å². The number of benzene rings is 3. The van der Waals surface area contributed by atoms with E-state index >= 15 is 0 Å². The second-order valence-corrected chi connectivity index (χ2v) is 11.3. The van der Waals surface area contributed by atoms with E-state index in [0.717, 1.165) is 71.0 Å². The summed E-state index contributed by atoms with van der Waals surface area (Å²) in [6.07, 6.45) is 10.3. The fourth-order valence-corrected chi connectivity index (χ4v) is 5.57. The van der Waals surface area contributed by atoms with E-state index in [0.29, 0.717) is 11.5 Å². The van der Waals surface area contributed by atoms with Crippen LogP contribution < -0.4 is 9.47 Å². The molecule has 41 heavy (non-hydrogen) atoms. The summed E-state index contributed by atoms with van der Waals surface area (Å²) in [6.45, 7) is 5.83. The van der Waals surface area contributed by atoms with Crippen molar-refractivity contribution >= 4 is 22.7 Å². The number of hydrogen-bond donors (Lipinski definition) is 0. The normalized spacial score (nSPS) is 12.0. The topological polar surface area (TPSA) is 70.4 Å². The monoisotopic (exact) mass is 570 g/mol. The van der Waals surface area contributed by atoms with Crippen molar-refractivity contribution in [3.8, 4) is 22.6 Å². The van der Waals surface area contributed by atoms with E-state index in [4.69, 9.17) is 9.47 Å². The molecular weight excluding hydrogens is 532 g/mol. The van der Waals surface area contributed by atoms with Gasteiger partial charge in [-0.25, -0.2) is 4.98 Å². The van der Waals surface area contributed by atoms with Crippen LogP contribution in [0.1, 0.15) is 49.9 Å². The molecule has 4 aromatic rings. The van der Waals surface area contributed by atoms with E-state index < -0.39 is 10.8 Å². The Morgan fingerprint density at radius 3 is 2.44 bits per heavy atom. The van der Waals surface area contributed by atoms with Gasteiger partial charge in [0.05, 0.1) is 42.3 Å². The highest BCUT2D eigenvalue weighted by Crippen LogP contribution is 2.29. The number of ether oxygens (including phenoxy) is 2. The average molecular weight is 571 g/mol. The minimum atomic E-state index is -1.18. The molecule has 214 valence electrons. The second kappa shape index (κ2) is 15.1. The standard InChI is InChI=1S/C34H38N2O4S/c1-4-6-20-40-32-14-10-27(11-15-32)28-12-18-34(39-3)29(22-28)9-13-31(37)21-26-7-16-33(17-8-26)41(38)24-30-23-35-25-36(30)19-5-2/h7-18,22-23,25H,4-6,19-21,24H2,1-3H3/b13-9+/t41-/m1/s1. The number of carbonyl (C=O) groups is 1. The minimum absolute atomic E-state index is 0.0247. The second-order valence-electron chi connectivity index (χ2n) is 9.87. The summed E-state index contributed by atoms with van der Waals surface area (Å²) < 4.78 is 26.3. The lowest BCUT2D eigenvalue weighted by molar-refractivity contribution is -0.113. The fourth-order valence-electron chi connectivity index (χ4n) is 4.45. The van der Waals surface area contributed by atoms with Crippen LogP contribution in [0, 0.1) is 0 Å². The fraction of sp³-hybridized carbons (Fsp3) is 0.294. The molecule has 0 bridgehead atoms. The smallest absolute Gasteiger partial charge is 0.160 e. The van der Waals surface area contributed by atoms with Crippen molar-refractivity contribution in [1.29, 1.82) is 0 Å². The van der Waals surface area contributed by atoms with Gasteiger partial charge in [0.25, 0.3) is 0 Å². The third-order valence-electron chi connectivity index (χ3n) is 6.74. The van der Waals surface area contributed by atoms with Crippen LogP contribution in [0.4, 0.5) is 0 Å². The first kappa shape index (κ1) is 30.0. The largest absolute Gasteiger partial charge is 0.496 e. The maximum atomic E-state index is 12.9. The number of methoxy groups -OCH3 is 1. The van der Waals surface area contributed by atoms with E-state index in [1.54, 1.807) is 31.8 Å². The number of rotatable bonds is 15. The van der Waals surface area contributed by atoms with Gasteiger partial charge in [0, 0.05) is 29.6 Å². The third-order valence-corrected chi connectivity index (χ3v) is 8.10. The zero-order valence-corrected chi connectivity index (χ0v) is 24.9. The van der Waals surface area contributed by atoms with E-state index in [1.165, 1.54) is 0 Å². The first-order chi connectivity index (χ1) is 20.0. The SMILES string of the molecule is CCCCOc1ccc(-c2ccc(OC)c(/C=C/C(=O)Cc3ccc([S@](=O)Cc4cncn4CCC)cc3)c2)cc1. The molecule has 0 saturated carbocycles. The van der Waals surface area contributed by atoms with Gasteiger partial charge in [-0.15, -0.1) is 0 Å². The number of carbonyl (C=O) groups excluding carboxylic acids is 1. The van der Waals surface area contributed by atoms with Crippen molar-refractivity contribution in [3.63, 3.8) is 0 Å². The quantitative estimate of drug-likeness (QED) is 0.111. The number of unbranched alkanes of at least 4 members (excludes halogenated alkanes) is 1. The predicted molar refractivity (Wildman–Crippen MR) is 166 cm³/mol. The molecule has 0 saturated heterocycles.